The van der Waals surface area contributed by atoms with E-state index < -0.39 is 9.84 Å². The SMILES string of the molecule is COCCS(=O)(=O)c1ccc(C(=O)N2CCN(C(=O)CCC(C)C)CC2)cc1. The van der Waals surface area contributed by atoms with Gasteiger partial charge < -0.3 is 14.5 Å². The summed E-state index contributed by atoms with van der Waals surface area (Å²) >= 11 is 0. The first-order chi connectivity index (χ1) is 13.2. The number of ether oxygens (including phenoxy) is 1. The fourth-order valence-corrected chi connectivity index (χ4v) is 4.20. The molecule has 1 aliphatic heterocycles. The molecule has 1 aliphatic rings. The van der Waals surface area contributed by atoms with E-state index in [0.717, 1.165) is 6.42 Å². The summed E-state index contributed by atoms with van der Waals surface area (Å²) in [4.78, 5) is 28.6. The Morgan fingerprint density at radius 2 is 1.61 bits per heavy atom. The summed E-state index contributed by atoms with van der Waals surface area (Å²) in [6.07, 6.45) is 1.42. The fraction of sp³-hybridized carbons (Fsp3) is 0.600. The number of nitrogens with zero attached hydrogens (tertiary/aromatic N) is 2. The highest BCUT2D eigenvalue weighted by atomic mass is 32.2. The Morgan fingerprint density at radius 1 is 1.04 bits per heavy atom. The average Bonchev–Trinajstić information content (AvgIpc) is 2.70. The number of carbonyl (C=O) groups excluding carboxylic acids is 2. The molecule has 0 aliphatic carbocycles. The zero-order valence-corrected chi connectivity index (χ0v) is 17.7. The third-order valence-electron chi connectivity index (χ3n) is 4.87. The van der Waals surface area contributed by atoms with Crippen LogP contribution >= 0.6 is 0 Å². The molecule has 7 nitrogen and oxygen atoms in total. The van der Waals surface area contributed by atoms with Crippen LogP contribution in [0.5, 0.6) is 0 Å². The molecule has 1 aromatic rings. The molecule has 2 amide bonds. The monoisotopic (exact) mass is 410 g/mol. The molecule has 1 heterocycles. The van der Waals surface area contributed by atoms with Crippen molar-refractivity contribution in [2.45, 2.75) is 31.6 Å². The lowest BCUT2D eigenvalue weighted by atomic mass is 10.1. The van der Waals surface area contributed by atoms with Gasteiger partial charge in [-0.2, -0.15) is 0 Å². The molecule has 1 saturated heterocycles. The number of sulfone groups is 1. The molecule has 0 N–H and O–H groups in total. The van der Waals surface area contributed by atoms with Gasteiger partial charge in [-0.3, -0.25) is 9.59 Å². The van der Waals surface area contributed by atoms with Gasteiger partial charge in [0.15, 0.2) is 9.84 Å². The van der Waals surface area contributed by atoms with Crippen molar-refractivity contribution in [2.75, 3.05) is 45.6 Å². The maximum atomic E-state index is 12.7. The molecule has 0 saturated carbocycles. The van der Waals surface area contributed by atoms with Crippen molar-refractivity contribution in [3.8, 4) is 0 Å². The summed E-state index contributed by atoms with van der Waals surface area (Å²) in [7, 11) is -1.96. The topological polar surface area (TPSA) is 84.0 Å². The van der Waals surface area contributed by atoms with Crippen LogP contribution < -0.4 is 0 Å². The van der Waals surface area contributed by atoms with Gasteiger partial charge in [0, 0.05) is 45.3 Å². The van der Waals surface area contributed by atoms with Crippen molar-refractivity contribution in [3.63, 3.8) is 0 Å². The molecule has 0 spiro atoms. The molecular weight excluding hydrogens is 380 g/mol. The third-order valence-corrected chi connectivity index (χ3v) is 6.57. The molecule has 0 aromatic heterocycles. The van der Waals surface area contributed by atoms with Crippen molar-refractivity contribution in [2.24, 2.45) is 5.92 Å². The highest BCUT2D eigenvalue weighted by Crippen LogP contribution is 2.16. The number of carbonyl (C=O) groups is 2. The van der Waals surface area contributed by atoms with Gasteiger partial charge in [-0.15, -0.1) is 0 Å². The van der Waals surface area contributed by atoms with E-state index in [0.29, 0.717) is 44.1 Å². The third kappa shape index (κ3) is 6.04. The van der Waals surface area contributed by atoms with Crippen LogP contribution in [-0.2, 0) is 19.4 Å². The fourth-order valence-electron chi connectivity index (χ4n) is 3.03. The van der Waals surface area contributed by atoms with Crippen LogP contribution in [0, 0.1) is 5.92 Å². The molecular formula is C20H30N2O5S. The molecule has 0 radical (unpaired) electrons. The molecule has 8 heteroatoms. The summed E-state index contributed by atoms with van der Waals surface area (Å²) in [6, 6.07) is 6.01. The van der Waals surface area contributed by atoms with E-state index in [2.05, 4.69) is 13.8 Å². The predicted molar refractivity (Wildman–Crippen MR) is 107 cm³/mol. The average molecular weight is 411 g/mol. The van der Waals surface area contributed by atoms with E-state index >= 15 is 0 Å². The molecule has 0 atom stereocenters. The molecule has 156 valence electrons. The Kier molecular flexibility index (Phi) is 8.00. The van der Waals surface area contributed by atoms with Crippen LogP contribution in [0.25, 0.3) is 0 Å². The van der Waals surface area contributed by atoms with E-state index in [1.165, 1.54) is 19.2 Å². The van der Waals surface area contributed by atoms with E-state index in [9.17, 15) is 18.0 Å². The van der Waals surface area contributed by atoms with Crippen LogP contribution in [0.3, 0.4) is 0 Å². The summed E-state index contributed by atoms with van der Waals surface area (Å²) < 4.78 is 29.1. The number of amides is 2. The maximum Gasteiger partial charge on any atom is 0.253 e. The lowest BCUT2D eigenvalue weighted by Crippen LogP contribution is -2.50. The Balaban J connectivity index is 1.92. The summed E-state index contributed by atoms with van der Waals surface area (Å²) in [6.45, 7) is 6.36. The second kappa shape index (κ2) is 10.0. The minimum atomic E-state index is -3.41. The van der Waals surface area contributed by atoms with Crippen molar-refractivity contribution in [3.05, 3.63) is 29.8 Å². The largest absolute Gasteiger partial charge is 0.384 e. The Bertz CT molecular complexity index is 766. The van der Waals surface area contributed by atoms with Gasteiger partial charge in [0.25, 0.3) is 5.91 Å². The van der Waals surface area contributed by atoms with Crippen molar-refractivity contribution in [1.82, 2.24) is 9.80 Å². The Labute approximate surface area is 167 Å². The Morgan fingerprint density at radius 3 is 2.14 bits per heavy atom. The van der Waals surface area contributed by atoms with Crippen LogP contribution in [0.1, 0.15) is 37.0 Å². The van der Waals surface area contributed by atoms with Gasteiger partial charge in [0.05, 0.1) is 17.3 Å². The number of benzene rings is 1. The van der Waals surface area contributed by atoms with Gasteiger partial charge in [-0.05, 0) is 36.6 Å². The highest BCUT2D eigenvalue weighted by molar-refractivity contribution is 7.91. The summed E-state index contributed by atoms with van der Waals surface area (Å²) in [5.74, 6) is 0.401. The molecule has 0 bridgehead atoms. The quantitative estimate of drug-likeness (QED) is 0.653. The molecule has 1 aromatic carbocycles. The minimum absolute atomic E-state index is 0.0937. The maximum absolute atomic E-state index is 12.7. The lowest BCUT2D eigenvalue weighted by molar-refractivity contribution is -0.132. The van der Waals surface area contributed by atoms with Crippen LogP contribution in [0.2, 0.25) is 0 Å². The second-order valence-electron chi connectivity index (χ2n) is 7.44. The molecule has 0 unspecified atom stereocenters. The number of hydrogen-bond acceptors (Lipinski definition) is 5. The van der Waals surface area contributed by atoms with Crippen LogP contribution in [-0.4, -0.2) is 75.7 Å². The van der Waals surface area contributed by atoms with Gasteiger partial charge in [0.1, 0.15) is 0 Å². The Hall–Kier alpha value is -1.93. The smallest absolute Gasteiger partial charge is 0.253 e. The number of rotatable bonds is 8. The van der Waals surface area contributed by atoms with Gasteiger partial charge in [0.2, 0.25) is 5.91 Å². The van der Waals surface area contributed by atoms with Gasteiger partial charge in [-0.1, -0.05) is 13.8 Å². The lowest BCUT2D eigenvalue weighted by Gasteiger charge is -2.35. The van der Waals surface area contributed by atoms with Crippen molar-refractivity contribution < 1.29 is 22.7 Å². The first kappa shape index (κ1) is 22.4. The first-order valence-electron chi connectivity index (χ1n) is 9.63. The van der Waals surface area contributed by atoms with Crippen molar-refractivity contribution >= 4 is 21.7 Å². The zero-order chi connectivity index (χ0) is 20.7. The van der Waals surface area contributed by atoms with Crippen molar-refractivity contribution in [1.29, 1.82) is 0 Å². The van der Waals surface area contributed by atoms with E-state index in [4.69, 9.17) is 4.74 Å². The molecule has 28 heavy (non-hydrogen) atoms. The minimum Gasteiger partial charge on any atom is -0.384 e. The highest BCUT2D eigenvalue weighted by Gasteiger charge is 2.25. The van der Waals surface area contributed by atoms with E-state index in [1.54, 1.807) is 17.0 Å². The molecule has 2 rings (SSSR count). The predicted octanol–water partition coefficient (Wildman–Crippen LogP) is 1.83. The van der Waals surface area contributed by atoms with Crippen LogP contribution in [0.4, 0.5) is 0 Å². The first-order valence-corrected chi connectivity index (χ1v) is 11.3. The molecule has 1 fully saturated rings. The number of hydrogen-bond donors (Lipinski definition) is 0. The summed E-state index contributed by atoms with van der Waals surface area (Å²) in [5, 5.41) is 0. The van der Waals surface area contributed by atoms with Gasteiger partial charge in [-0.25, -0.2) is 8.42 Å². The van der Waals surface area contributed by atoms with E-state index in [1.807, 2.05) is 4.90 Å². The number of piperazine rings is 1. The standard InChI is InChI=1S/C20H30N2O5S/c1-16(2)4-9-19(23)21-10-12-22(13-11-21)20(24)17-5-7-18(8-6-17)28(25,26)15-14-27-3/h5-8,16H,4,9-15H2,1-3H3. The second-order valence-corrected chi connectivity index (χ2v) is 9.55. The van der Waals surface area contributed by atoms with Crippen LogP contribution in [0.15, 0.2) is 29.2 Å². The number of methoxy groups -OCH3 is 1. The normalized spacial score (nSPS) is 15.1. The summed E-state index contributed by atoms with van der Waals surface area (Å²) in [5.41, 5.74) is 0.449. The van der Waals surface area contributed by atoms with E-state index in [-0.39, 0.29) is 29.1 Å². The zero-order valence-electron chi connectivity index (χ0n) is 16.9. The van der Waals surface area contributed by atoms with Gasteiger partial charge >= 0.3 is 0 Å².